The van der Waals surface area contributed by atoms with Gasteiger partial charge < -0.3 is 10.6 Å². The average Bonchev–Trinajstić information content (AvgIpc) is 2.41. The van der Waals surface area contributed by atoms with Gasteiger partial charge >= 0.3 is 0 Å². The zero-order valence-corrected chi connectivity index (χ0v) is 13.2. The second-order valence-electron chi connectivity index (χ2n) is 4.72. The van der Waals surface area contributed by atoms with Crippen molar-refractivity contribution in [1.29, 1.82) is 0 Å². The summed E-state index contributed by atoms with van der Waals surface area (Å²) in [5.74, 6) is -0.378. The number of hydrogen-bond acceptors (Lipinski definition) is 4. The molecule has 1 aromatic rings. The number of aryl methyl sites for hydroxylation is 1. The Morgan fingerprint density at radius 3 is 2.35 bits per heavy atom. The molecule has 2 N–H and O–H groups in total. The summed E-state index contributed by atoms with van der Waals surface area (Å²) in [6.45, 7) is 7.76. The summed E-state index contributed by atoms with van der Waals surface area (Å²) in [5.41, 5.74) is 6.62. The molecule has 1 aromatic carbocycles. The normalized spacial score (nSPS) is 13.0. The van der Waals surface area contributed by atoms with E-state index in [0.717, 1.165) is 0 Å². The van der Waals surface area contributed by atoms with E-state index < -0.39 is 15.1 Å². The highest BCUT2D eigenvalue weighted by molar-refractivity contribution is 7.92. The molecule has 1 rings (SSSR count). The van der Waals surface area contributed by atoms with Crippen LogP contribution in [-0.2, 0) is 14.6 Å². The van der Waals surface area contributed by atoms with Crippen molar-refractivity contribution in [3.63, 3.8) is 0 Å². The fourth-order valence-corrected chi connectivity index (χ4v) is 3.65. The molecule has 0 heterocycles. The molecule has 0 saturated carbocycles. The number of sulfone groups is 1. The summed E-state index contributed by atoms with van der Waals surface area (Å²) in [5, 5.41) is -1.11. The summed E-state index contributed by atoms with van der Waals surface area (Å²) in [6, 6.07) is 4.71. The molecule has 0 spiro atoms. The molecule has 112 valence electrons. The first-order valence-electron chi connectivity index (χ1n) is 6.64. The van der Waals surface area contributed by atoms with Crippen LogP contribution in [-0.4, -0.2) is 37.6 Å². The first kappa shape index (κ1) is 16.5. The zero-order valence-electron chi connectivity index (χ0n) is 12.4. The molecular weight excluding hydrogens is 276 g/mol. The topological polar surface area (TPSA) is 80.5 Å². The van der Waals surface area contributed by atoms with Crippen LogP contribution in [0.15, 0.2) is 23.1 Å². The smallest absolute Gasteiger partial charge is 0.240 e. The monoisotopic (exact) mass is 298 g/mol. The summed E-state index contributed by atoms with van der Waals surface area (Å²) < 4.78 is 25.2. The number of hydrogen-bond donors (Lipinski definition) is 1. The molecular formula is C14H22N2O3S. The number of amides is 1. The lowest BCUT2D eigenvalue weighted by molar-refractivity contribution is -0.130. The standard InChI is InChI=1S/C14H22N2O3S/c1-5-16(6-2)14(17)11(4)20(18,19)13-9-12(15)8-7-10(13)3/h7-9,11H,5-6,15H2,1-4H3. The van der Waals surface area contributed by atoms with E-state index >= 15 is 0 Å². The van der Waals surface area contributed by atoms with E-state index in [1.807, 2.05) is 13.8 Å². The highest BCUT2D eigenvalue weighted by Gasteiger charge is 2.33. The maximum Gasteiger partial charge on any atom is 0.240 e. The van der Waals surface area contributed by atoms with E-state index in [9.17, 15) is 13.2 Å². The Balaban J connectivity index is 3.22. The quantitative estimate of drug-likeness (QED) is 0.837. The van der Waals surface area contributed by atoms with Crippen molar-refractivity contribution >= 4 is 21.4 Å². The molecule has 20 heavy (non-hydrogen) atoms. The summed E-state index contributed by atoms with van der Waals surface area (Å²) >= 11 is 0. The van der Waals surface area contributed by atoms with Crippen LogP contribution in [0.25, 0.3) is 0 Å². The van der Waals surface area contributed by atoms with E-state index in [0.29, 0.717) is 24.3 Å². The predicted molar refractivity (Wildman–Crippen MR) is 80.2 cm³/mol. The molecule has 1 amide bonds. The van der Waals surface area contributed by atoms with E-state index in [1.54, 1.807) is 19.1 Å². The lowest BCUT2D eigenvalue weighted by Gasteiger charge is -2.23. The summed E-state index contributed by atoms with van der Waals surface area (Å²) in [6.07, 6.45) is 0. The Bertz CT molecular complexity index is 592. The number of nitrogens with two attached hydrogens (primary N) is 1. The van der Waals surface area contributed by atoms with Gasteiger partial charge in [0.2, 0.25) is 5.91 Å². The van der Waals surface area contributed by atoms with Gasteiger partial charge in [-0.2, -0.15) is 0 Å². The number of carbonyl (C=O) groups excluding carboxylic acids is 1. The minimum Gasteiger partial charge on any atom is -0.399 e. The van der Waals surface area contributed by atoms with Gasteiger partial charge in [0.1, 0.15) is 5.25 Å². The third-order valence-electron chi connectivity index (χ3n) is 3.41. The molecule has 0 bridgehead atoms. The predicted octanol–water partition coefficient (Wildman–Crippen LogP) is 1.61. The number of rotatable bonds is 5. The minimum atomic E-state index is -3.73. The van der Waals surface area contributed by atoms with Gasteiger partial charge in [0.25, 0.3) is 0 Å². The molecule has 6 heteroatoms. The molecule has 0 aliphatic rings. The molecule has 0 aliphatic heterocycles. The van der Waals surface area contributed by atoms with Crippen LogP contribution >= 0.6 is 0 Å². The van der Waals surface area contributed by atoms with E-state index in [-0.39, 0.29) is 10.8 Å². The molecule has 1 atom stereocenters. The Labute approximate surface area is 120 Å². The molecule has 0 aromatic heterocycles. The van der Waals surface area contributed by atoms with Crippen molar-refractivity contribution in [2.45, 2.75) is 37.8 Å². The van der Waals surface area contributed by atoms with E-state index in [2.05, 4.69) is 0 Å². The molecule has 5 nitrogen and oxygen atoms in total. The Hall–Kier alpha value is -1.56. The van der Waals surface area contributed by atoms with Crippen LogP contribution in [0.2, 0.25) is 0 Å². The van der Waals surface area contributed by atoms with Gasteiger partial charge in [0.05, 0.1) is 4.90 Å². The molecule has 0 fully saturated rings. The van der Waals surface area contributed by atoms with Crippen molar-refractivity contribution in [2.75, 3.05) is 18.8 Å². The van der Waals surface area contributed by atoms with Crippen LogP contribution < -0.4 is 5.73 Å². The van der Waals surface area contributed by atoms with Gasteiger partial charge in [-0.05, 0) is 45.4 Å². The van der Waals surface area contributed by atoms with Gasteiger partial charge in [0, 0.05) is 18.8 Å². The maximum atomic E-state index is 12.6. The maximum absolute atomic E-state index is 12.6. The van der Waals surface area contributed by atoms with Crippen LogP contribution in [0.4, 0.5) is 5.69 Å². The van der Waals surface area contributed by atoms with Crippen molar-refractivity contribution < 1.29 is 13.2 Å². The highest BCUT2D eigenvalue weighted by Crippen LogP contribution is 2.23. The average molecular weight is 298 g/mol. The second-order valence-corrected chi connectivity index (χ2v) is 6.96. The Morgan fingerprint density at radius 1 is 1.30 bits per heavy atom. The lowest BCUT2D eigenvalue weighted by atomic mass is 10.2. The number of carbonyl (C=O) groups is 1. The van der Waals surface area contributed by atoms with Crippen molar-refractivity contribution in [3.8, 4) is 0 Å². The second kappa shape index (κ2) is 6.26. The minimum absolute atomic E-state index is 0.130. The number of nitrogens with zero attached hydrogens (tertiary/aromatic N) is 1. The molecule has 0 saturated heterocycles. The lowest BCUT2D eigenvalue weighted by Crippen LogP contribution is -2.41. The number of anilines is 1. The first-order chi connectivity index (χ1) is 9.25. The third kappa shape index (κ3) is 3.12. The Kier molecular flexibility index (Phi) is 5.16. The van der Waals surface area contributed by atoms with Crippen LogP contribution in [0, 0.1) is 6.92 Å². The van der Waals surface area contributed by atoms with Gasteiger partial charge in [-0.1, -0.05) is 6.07 Å². The third-order valence-corrected chi connectivity index (χ3v) is 5.59. The molecule has 1 unspecified atom stereocenters. The van der Waals surface area contributed by atoms with Gasteiger partial charge in [-0.15, -0.1) is 0 Å². The Morgan fingerprint density at radius 2 is 1.85 bits per heavy atom. The van der Waals surface area contributed by atoms with Crippen LogP contribution in [0.1, 0.15) is 26.3 Å². The summed E-state index contributed by atoms with van der Waals surface area (Å²) in [7, 11) is -3.73. The molecule has 0 aliphatic carbocycles. The zero-order chi connectivity index (χ0) is 15.5. The SMILES string of the molecule is CCN(CC)C(=O)C(C)S(=O)(=O)c1cc(N)ccc1C. The van der Waals surface area contributed by atoms with Crippen molar-refractivity contribution in [3.05, 3.63) is 23.8 Å². The van der Waals surface area contributed by atoms with E-state index in [4.69, 9.17) is 5.73 Å². The van der Waals surface area contributed by atoms with Crippen LogP contribution in [0.5, 0.6) is 0 Å². The van der Waals surface area contributed by atoms with Crippen molar-refractivity contribution in [2.24, 2.45) is 0 Å². The molecule has 0 radical (unpaired) electrons. The van der Waals surface area contributed by atoms with Crippen molar-refractivity contribution in [1.82, 2.24) is 4.90 Å². The van der Waals surface area contributed by atoms with Crippen LogP contribution in [0.3, 0.4) is 0 Å². The highest BCUT2D eigenvalue weighted by atomic mass is 32.2. The number of benzene rings is 1. The van der Waals surface area contributed by atoms with Gasteiger partial charge in [0.15, 0.2) is 9.84 Å². The largest absolute Gasteiger partial charge is 0.399 e. The first-order valence-corrected chi connectivity index (χ1v) is 8.19. The van der Waals surface area contributed by atoms with Gasteiger partial charge in [-0.25, -0.2) is 8.42 Å². The number of nitrogen functional groups attached to an aromatic ring is 1. The van der Waals surface area contributed by atoms with Gasteiger partial charge in [-0.3, -0.25) is 4.79 Å². The fraction of sp³-hybridized carbons (Fsp3) is 0.500. The fourth-order valence-electron chi connectivity index (χ4n) is 2.04. The van der Waals surface area contributed by atoms with E-state index in [1.165, 1.54) is 17.9 Å². The summed E-state index contributed by atoms with van der Waals surface area (Å²) in [4.78, 5) is 13.9.